The lowest BCUT2D eigenvalue weighted by Crippen LogP contribution is -2.05. The van der Waals surface area contributed by atoms with Crippen molar-refractivity contribution >= 4 is 181 Å². The topological polar surface area (TPSA) is 472 Å². The van der Waals surface area contributed by atoms with Gasteiger partial charge in [-0.25, -0.2) is 68.1 Å². The van der Waals surface area contributed by atoms with Crippen molar-refractivity contribution in [2.24, 2.45) is 0 Å². The van der Waals surface area contributed by atoms with Crippen molar-refractivity contribution < 1.29 is 76.6 Å². The number of benzene rings is 8. The Morgan fingerprint density at radius 2 is 0.674 bits per heavy atom. The van der Waals surface area contributed by atoms with Crippen LogP contribution in [0.2, 0.25) is 20.1 Å². The Labute approximate surface area is 845 Å². The van der Waals surface area contributed by atoms with Gasteiger partial charge >= 0.3 is 7.82 Å². The van der Waals surface area contributed by atoms with Crippen molar-refractivity contribution in [3.8, 4) is 67.5 Å². The Hall–Kier alpha value is -13.5. The number of hydrogen-bond acceptors (Lipinski definition) is 25. The second kappa shape index (κ2) is 44.4. The highest BCUT2D eigenvalue weighted by atomic mass is 35.5. The summed E-state index contributed by atoms with van der Waals surface area (Å²) in [5, 5.41) is 33.3. The van der Waals surface area contributed by atoms with Crippen molar-refractivity contribution in [1.82, 2.24) is 88.7 Å². The number of aromatic nitrogens is 18. The molecule has 7 N–H and O–H groups in total. The summed E-state index contributed by atoms with van der Waals surface area (Å²) in [5.41, 5.74) is 13.2. The number of nitrogens with zero attached hydrogens (tertiary/aromatic N) is 14. The van der Waals surface area contributed by atoms with E-state index in [0.717, 1.165) is 130 Å². The molecule has 0 radical (unpaired) electrons. The molecule has 0 amide bonds. The first-order chi connectivity index (χ1) is 69.3. The molecule has 44 heteroatoms. The van der Waals surface area contributed by atoms with E-state index in [2.05, 4.69) is 74.9 Å². The highest BCUT2D eigenvalue weighted by molar-refractivity contribution is 7.92. The summed E-state index contributed by atoms with van der Waals surface area (Å²) < 4.78 is 147. The van der Waals surface area contributed by atoms with E-state index in [9.17, 15) is 43.3 Å². The van der Waals surface area contributed by atoms with Gasteiger partial charge in [-0.2, -0.15) is 0 Å². The number of ether oxygens (including phenoxy) is 4. The van der Waals surface area contributed by atoms with E-state index in [-0.39, 0.29) is 46.0 Å². The van der Waals surface area contributed by atoms with Crippen molar-refractivity contribution in [1.29, 1.82) is 0 Å². The van der Waals surface area contributed by atoms with Gasteiger partial charge in [-0.3, -0.25) is 9.21 Å². The number of sulfone groups is 4. The van der Waals surface area contributed by atoms with Crippen LogP contribution in [0.1, 0.15) is 64.8 Å². The molecule has 0 saturated carbocycles. The van der Waals surface area contributed by atoms with Crippen molar-refractivity contribution in [2.45, 2.75) is 112 Å². The van der Waals surface area contributed by atoms with Crippen LogP contribution in [0, 0.1) is 0 Å². The summed E-state index contributed by atoms with van der Waals surface area (Å²) in [4.78, 5) is 58.2. The molecule has 20 rings (SSSR count). The van der Waals surface area contributed by atoms with Crippen molar-refractivity contribution in [3.63, 3.8) is 0 Å². The number of imidazole rings is 2. The van der Waals surface area contributed by atoms with Gasteiger partial charge in [0.1, 0.15) is 64.8 Å². The molecule has 0 saturated heterocycles. The van der Waals surface area contributed by atoms with Crippen LogP contribution in [0.15, 0.2) is 264 Å². The lowest BCUT2D eigenvalue weighted by molar-refractivity contribution is 0.187. The molecule has 0 aliphatic rings. The van der Waals surface area contributed by atoms with E-state index in [4.69, 9.17) is 75.1 Å². The summed E-state index contributed by atoms with van der Waals surface area (Å²) in [6.07, 6.45) is 22.7. The molecule has 0 unspecified atom stereocenters. The van der Waals surface area contributed by atoms with Crippen LogP contribution in [0.3, 0.4) is 0 Å². The van der Waals surface area contributed by atoms with E-state index in [0.29, 0.717) is 145 Å². The molecule has 744 valence electrons. The summed E-state index contributed by atoms with van der Waals surface area (Å²) in [6, 6.07) is 50.5. The fraction of sp³-hybridized carbons (Fsp3) is 0.220. The summed E-state index contributed by atoms with van der Waals surface area (Å²) >= 11 is 25.1. The van der Waals surface area contributed by atoms with Gasteiger partial charge in [0.15, 0.2) is 39.3 Å². The van der Waals surface area contributed by atoms with Crippen LogP contribution in [0.5, 0.6) is 23.0 Å². The number of aliphatic hydroxyl groups excluding tert-OH is 1. The summed E-state index contributed by atoms with van der Waals surface area (Å²) in [5.74, 6) is 2.77. The number of H-pyrrole nitrogens is 4. The van der Waals surface area contributed by atoms with Crippen molar-refractivity contribution in [3.05, 3.63) is 276 Å². The monoisotopic (exact) mass is 2120 g/mol. The van der Waals surface area contributed by atoms with E-state index < -0.39 is 47.2 Å². The SMILES string of the molecule is CCS(=O)(=O)c1cccc(-c2ccc(OCCCn3ccnn3)c3[nH]c4ncc(Cl)cc4c23)c1.CCS(=O)(=O)c1cccc(-c2ccc(OCCCn3cnc(CO)c3)c3[nH]c4ncc(Cl)cc4c23)c1.CCS(=O)(=O)c1cccc(-c2ccc(OCCCn3cnc(COP(=O)(O)O)c3)c3[nH]c4ncc(Cl)cc4c23)c1.CCS(=O)(=O)c1cccc(-c2ccc(OCCCn3cnnc3)c3[nH]c4ncc(Cl)cc4c23)c1. The summed E-state index contributed by atoms with van der Waals surface area (Å²) in [7, 11) is -18.0. The van der Waals surface area contributed by atoms with Gasteiger partial charge in [0.2, 0.25) is 0 Å². The zero-order valence-corrected chi connectivity index (χ0v) is 84.9. The summed E-state index contributed by atoms with van der Waals surface area (Å²) in [6.45, 7) is 10.7. The number of nitrogens with one attached hydrogen (secondary N) is 4. The van der Waals surface area contributed by atoms with Crippen LogP contribution < -0.4 is 18.9 Å². The molecule has 0 aliphatic heterocycles. The molecule has 0 fully saturated rings. The standard InChI is InChI=1S/C26H26ClN4O7PS.C26H25ClN4O4S.2C24H22ClN5O3S/c1-2-40(35,36)20-6-3-5-17(11-20)21-7-8-23(25-24(21)22-12-18(27)13-28-26(22)30-25)37-10-4-9-31-14-19(29-16-31)15-38-39(32,33)34;1-2-36(33,34)20-6-3-5-17(11-20)21-7-8-23(35-10-4-9-31-14-19(15-32)29-16-31)25-24(21)22-12-18(27)13-28-26(22)30-25;1-2-34(31,32)18-6-3-5-16(13-18)19-7-8-21(33-12-4-10-30-11-9-27-29-30)23-22(19)20-14-17(25)15-26-24(20)28-23;1-2-34(31,32)18-6-3-5-16(11-18)19-7-8-21(33-10-4-9-30-14-27-28-15-30)23-22(19)20-12-17(25)13-26-24(20)29-23/h3,5-8,11-14,16H,2,4,9-10,15H2,1H3,(H,28,30)(H2,32,33,34);3,5-8,11-14,16,32H,2,4,9-10,15H2,1H3,(H,28,30);3,5-9,11,13-15H,2,4,10,12H2,1H3,(H,26,28);3,5-8,11-15H,2,4,9-10H2,1H3,(H,26,29). The molecule has 144 heavy (non-hydrogen) atoms. The van der Waals surface area contributed by atoms with Gasteiger partial charge in [-0.05, 0) is 185 Å². The minimum atomic E-state index is -4.56. The molecular formula is C100H95Cl4N18O17PS4. The van der Waals surface area contributed by atoms with E-state index >= 15 is 0 Å². The largest absolute Gasteiger partial charge is 0.491 e. The molecule has 0 spiro atoms. The van der Waals surface area contributed by atoms with Gasteiger partial charge in [-0.15, -0.1) is 15.3 Å². The van der Waals surface area contributed by atoms with E-state index in [1.165, 1.54) is 0 Å². The number of aromatic amines is 4. The lowest BCUT2D eigenvalue weighted by Gasteiger charge is -2.12. The Morgan fingerprint density at radius 1 is 0.368 bits per heavy atom. The fourth-order valence-corrected chi connectivity index (χ4v) is 21.3. The number of aryl methyl sites for hydroxylation is 4. The van der Waals surface area contributed by atoms with Gasteiger partial charge in [0.25, 0.3) is 0 Å². The predicted molar refractivity (Wildman–Crippen MR) is 555 cm³/mol. The third-order valence-electron chi connectivity index (χ3n) is 23.8. The van der Waals surface area contributed by atoms with Gasteiger partial charge in [0, 0.05) is 119 Å². The number of phosphoric ester groups is 1. The molecule has 12 heterocycles. The fourth-order valence-electron chi connectivity index (χ4n) is 16.6. The van der Waals surface area contributed by atoms with E-state index in [1.807, 2.05) is 119 Å². The lowest BCUT2D eigenvalue weighted by atomic mass is 9.99. The third kappa shape index (κ3) is 23.4. The number of hydrogen-bond donors (Lipinski definition) is 7. The Bertz CT molecular complexity index is 8420. The maximum atomic E-state index is 12.5. The molecule has 0 aliphatic carbocycles. The minimum absolute atomic E-state index is 0.00676. The van der Waals surface area contributed by atoms with Gasteiger partial charge in [0.05, 0.1) is 148 Å². The van der Waals surface area contributed by atoms with Crippen LogP contribution in [0.4, 0.5) is 0 Å². The Balaban J connectivity index is 0.000000132. The van der Waals surface area contributed by atoms with Crippen LogP contribution in [-0.4, -0.2) is 187 Å². The highest BCUT2D eigenvalue weighted by Gasteiger charge is 2.26. The molecule has 12 aromatic heterocycles. The first-order valence-electron chi connectivity index (χ1n) is 45.6. The first kappa shape index (κ1) is 102. The molecule has 20 aromatic rings. The first-order valence-corrected chi connectivity index (χ1v) is 55.2. The molecule has 8 aromatic carbocycles. The zero-order chi connectivity index (χ0) is 101. The third-order valence-corrected chi connectivity index (χ3v) is 32.0. The molecule has 0 bridgehead atoms. The second-order valence-corrected chi connectivity index (χ2v) is 45.3. The van der Waals surface area contributed by atoms with Crippen molar-refractivity contribution in [2.75, 3.05) is 49.4 Å². The number of fused-ring (bicyclic) bond motifs is 12. The Kier molecular flexibility index (Phi) is 31.4. The van der Waals surface area contributed by atoms with Crippen LogP contribution in [0.25, 0.3) is 132 Å². The number of rotatable bonds is 36. The number of aliphatic hydroxyl groups is 1. The zero-order valence-electron chi connectivity index (χ0n) is 77.7. The van der Waals surface area contributed by atoms with Crippen LogP contribution >= 0.6 is 54.2 Å². The normalized spacial score (nSPS) is 12.1. The molecule has 0 atom stereocenters. The number of pyridine rings is 4. The Morgan fingerprint density at radius 3 is 0.965 bits per heavy atom. The average Bonchev–Trinajstić information content (AvgIpc) is 1.60. The molecule has 35 nitrogen and oxygen atoms in total. The van der Waals surface area contributed by atoms with E-state index in [1.54, 1.807) is 172 Å². The smallest absolute Gasteiger partial charge is 0.469 e. The second-order valence-electron chi connectivity index (χ2n) is 33.2. The number of halogens is 4. The highest BCUT2D eigenvalue weighted by Crippen LogP contribution is 2.46. The average molecular weight is 2120 g/mol. The minimum Gasteiger partial charge on any atom is -0.491 e. The quantitative estimate of drug-likeness (QED) is 0.0142. The maximum Gasteiger partial charge on any atom is 0.469 e. The van der Waals surface area contributed by atoms with Gasteiger partial charge < -0.3 is 67.5 Å². The van der Waals surface area contributed by atoms with Crippen LogP contribution in [-0.2, 0) is 87.8 Å². The number of phosphoric acid groups is 1. The molecular weight excluding hydrogens is 2030 g/mol. The maximum absolute atomic E-state index is 12.5. The van der Waals surface area contributed by atoms with Gasteiger partial charge in [-0.1, -0.05) is 128 Å². The predicted octanol–water partition coefficient (Wildman–Crippen LogP) is 19.9.